The van der Waals surface area contributed by atoms with Gasteiger partial charge >= 0.3 is 0 Å². The molecule has 0 aromatic heterocycles. The second-order valence-electron chi connectivity index (χ2n) is 4.66. The zero-order chi connectivity index (χ0) is 17.5. The summed E-state index contributed by atoms with van der Waals surface area (Å²) in [5, 5.41) is 12.9. The third-order valence-corrected chi connectivity index (χ3v) is 2.94. The van der Waals surface area contributed by atoms with Crippen molar-refractivity contribution in [2.24, 2.45) is 0 Å². The Bertz CT molecular complexity index is 734. The molecular formula is C16H15FN2O5. The van der Waals surface area contributed by atoms with Crippen LogP contribution in [0.3, 0.4) is 0 Å². The fraction of sp³-hybridized carbons (Fsp3) is 0.188. The van der Waals surface area contributed by atoms with Crippen molar-refractivity contribution in [1.29, 1.82) is 0 Å². The van der Waals surface area contributed by atoms with Crippen LogP contribution in [0.4, 0.5) is 15.8 Å². The largest absolute Gasteiger partial charge is 0.494 e. The van der Waals surface area contributed by atoms with E-state index in [0.717, 1.165) is 18.2 Å². The Morgan fingerprint density at radius 2 is 1.79 bits per heavy atom. The van der Waals surface area contributed by atoms with Gasteiger partial charge in [-0.05, 0) is 37.3 Å². The molecule has 24 heavy (non-hydrogen) atoms. The van der Waals surface area contributed by atoms with Gasteiger partial charge in [0.1, 0.15) is 17.3 Å². The second kappa shape index (κ2) is 7.91. The van der Waals surface area contributed by atoms with Crippen molar-refractivity contribution >= 4 is 17.3 Å². The predicted molar refractivity (Wildman–Crippen MR) is 84.8 cm³/mol. The number of ether oxygens (including phenoxy) is 2. The Morgan fingerprint density at radius 3 is 2.38 bits per heavy atom. The van der Waals surface area contributed by atoms with Crippen molar-refractivity contribution < 1.29 is 23.6 Å². The smallest absolute Gasteiger partial charge is 0.271 e. The number of nitro groups is 1. The van der Waals surface area contributed by atoms with Crippen molar-refractivity contribution in [3.05, 3.63) is 58.4 Å². The average Bonchev–Trinajstić information content (AvgIpc) is 2.56. The van der Waals surface area contributed by atoms with Gasteiger partial charge < -0.3 is 14.8 Å². The summed E-state index contributed by atoms with van der Waals surface area (Å²) >= 11 is 0. The fourth-order valence-corrected chi connectivity index (χ4v) is 1.86. The summed E-state index contributed by atoms with van der Waals surface area (Å²) in [7, 11) is 0. The van der Waals surface area contributed by atoms with Gasteiger partial charge in [0.05, 0.1) is 17.2 Å². The minimum Gasteiger partial charge on any atom is -0.494 e. The van der Waals surface area contributed by atoms with Crippen molar-refractivity contribution in [2.75, 3.05) is 18.5 Å². The molecule has 0 radical (unpaired) electrons. The standard InChI is InChI=1S/C16H15FN2O5/c1-2-23-12-4-6-13(7-5-12)24-10-16(20)18-15-9-11(19(21)22)3-8-14(15)17/h3-9H,2,10H2,1H3,(H,18,20). The molecule has 2 aromatic carbocycles. The summed E-state index contributed by atoms with van der Waals surface area (Å²) in [6.45, 7) is 2.04. The van der Waals surface area contributed by atoms with Crippen LogP contribution in [0, 0.1) is 15.9 Å². The van der Waals surface area contributed by atoms with Crippen LogP contribution >= 0.6 is 0 Å². The maximum atomic E-state index is 13.6. The third kappa shape index (κ3) is 4.67. The number of non-ortho nitro benzene ring substituents is 1. The van der Waals surface area contributed by atoms with Crippen LogP contribution in [0.25, 0.3) is 0 Å². The van der Waals surface area contributed by atoms with E-state index in [-0.39, 0.29) is 18.0 Å². The maximum absolute atomic E-state index is 13.6. The molecule has 126 valence electrons. The molecule has 0 aliphatic rings. The van der Waals surface area contributed by atoms with Crippen molar-refractivity contribution in [3.8, 4) is 11.5 Å². The van der Waals surface area contributed by atoms with E-state index in [9.17, 15) is 19.3 Å². The first-order valence-electron chi connectivity index (χ1n) is 7.09. The van der Waals surface area contributed by atoms with E-state index in [1.165, 1.54) is 0 Å². The fourth-order valence-electron chi connectivity index (χ4n) is 1.86. The predicted octanol–water partition coefficient (Wildman–Crippen LogP) is 3.15. The highest BCUT2D eigenvalue weighted by Crippen LogP contribution is 2.21. The monoisotopic (exact) mass is 334 g/mol. The highest BCUT2D eigenvalue weighted by molar-refractivity contribution is 5.92. The molecule has 0 atom stereocenters. The number of hydrogen-bond donors (Lipinski definition) is 1. The van der Waals surface area contributed by atoms with Crippen molar-refractivity contribution in [2.45, 2.75) is 6.92 Å². The van der Waals surface area contributed by atoms with Gasteiger partial charge in [-0.2, -0.15) is 0 Å². The van der Waals surface area contributed by atoms with Gasteiger partial charge in [0.2, 0.25) is 0 Å². The summed E-state index contributed by atoms with van der Waals surface area (Å²) < 4.78 is 24.1. The highest BCUT2D eigenvalue weighted by Gasteiger charge is 2.13. The SMILES string of the molecule is CCOc1ccc(OCC(=O)Nc2cc([N+](=O)[O-])ccc2F)cc1. The molecule has 2 aromatic rings. The molecule has 0 bridgehead atoms. The zero-order valence-corrected chi connectivity index (χ0v) is 12.8. The molecule has 1 amide bonds. The number of benzene rings is 2. The molecule has 0 fully saturated rings. The number of amides is 1. The van der Waals surface area contributed by atoms with Gasteiger partial charge in [0.25, 0.3) is 11.6 Å². The molecule has 1 N–H and O–H groups in total. The molecule has 0 saturated carbocycles. The Morgan fingerprint density at radius 1 is 1.17 bits per heavy atom. The molecule has 0 unspecified atom stereocenters. The summed E-state index contributed by atoms with van der Waals surface area (Å²) in [6, 6.07) is 9.53. The topological polar surface area (TPSA) is 90.7 Å². The lowest BCUT2D eigenvalue weighted by molar-refractivity contribution is -0.384. The Balaban J connectivity index is 1.93. The molecule has 0 spiro atoms. The van der Waals surface area contributed by atoms with Crippen LogP contribution in [-0.4, -0.2) is 24.0 Å². The number of carbonyl (C=O) groups excluding carboxylic acids is 1. The molecule has 0 heterocycles. The van der Waals surface area contributed by atoms with E-state index in [2.05, 4.69) is 5.32 Å². The molecule has 0 aliphatic carbocycles. The Labute approximate surface area is 137 Å². The number of nitrogens with one attached hydrogen (secondary N) is 1. The second-order valence-corrected chi connectivity index (χ2v) is 4.66. The molecule has 8 heteroatoms. The van der Waals surface area contributed by atoms with E-state index in [1.54, 1.807) is 24.3 Å². The lowest BCUT2D eigenvalue weighted by Crippen LogP contribution is -2.20. The number of nitrogens with zero attached hydrogens (tertiary/aromatic N) is 1. The quantitative estimate of drug-likeness (QED) is 0.620. The normalized spacial score (nSPS) is 10.1. The lowest BCUT2D eigenvalue weighted by atomic mass is 10.2. The van der Waals surface area contributed by atoms with Gasteiger partial charge in [0.15, 0.2) is 6.61 Å². The molecule has 0 aliphatic heterocycles. The van der Waals surface area contributed by atoms with E-state index in [4.69, 9.17) is 9.47 Å². The van der Waals surface area contributed by atoms with Gasteiger partial charge in [0, 0.05) is 12.1 Å². The third-order valence-electron chi connectivity index (χ3n) is 2.94. The first-order chi connectivity index (χ1) is 11.5. The number of anilines is 1. The van der Waals surface area contributed by atoms with Crippen LogP contribution in [0.2, 0.25) is 0 Å². The van der Waals surface area contributed by atoms with Crippen LogP contribution in [0.1, 0.15) is 6.92 Å². The van der Waals surface area contributed by atoms with E-state index >= 15 is 0 Å². The van der Waals surface area contributed by atoms with E-state index in [0.29, 0.717) is 18.1 Å². The Kier molecular flexibility index (Phi) is 5.67. The number of hydrogen-bond acceptors (Lipinski definition) is 5. The average molecular weight is 334 g/mol. The molecular weight excluding hydrogens is 319 g/mol. The number of halogens is 1. The highest BCUT2D eigenvalue weighted by atomic mass is 19.1. The van der Waals surface area contributed by atoms with Crippen molar-refractivity contribution in [1.82, 2.24) is 0 Å². The lowest BCUT2D eigenvalue weighted by Gasteiger charge is -2.09. The van der Waals surface area contributed by atoms with Gasteiger partial charge in [-0.3, -0.25) is 14.9 Å². The molecule has 0 saturated heterocycles. The Hall–Kier alpha value is -3.16. The van der Waals surface area contributed by atoms with Crippen LogP contribution in [0.15, 0.2) is 42.5 Å². The molecule has 7 nitrogen and oxygen atoms in total. The van der Waals surface area contributed by atoms with E-state index in [1.807, 2.05) is 6.92 Å². The number of carbonyl (C=O) groups is 1. The summed E-state index contributed by atoms with van der Waals surface area (Å²) in [5.41, 5.74) is -0.594. The first kappa shape index (κ1) is 17.2. The van der Waals surface area contributed by atoms with Crippen LogP contribution in [0.5, 0.6) is 11.5 Å². The molecule has 2 rings (SSSR count). The minimum atomic E-state index is -0.769. The van der Waals surface area contributed by atoms with Crippen LogP contribution < -0.4 is 14.8 Å². The number of nitro benzene ring substituents is 1. The van der Waals surface area contributed by atoms with Gasteiger partial charge in [-0.15, -0.1) is 0 Å². The van der Waals surface area contributed by atoms with Gasteiger partial charge in [-0.1, -0.05) is 0 Å². The van der Waals surface area contributed by atoms with Crippen molar-refractivity contribution in [3.63, 3.8) is 0 Å². The summed E-state index contributed by atoms with van der Waals surface area (Å²) in [4.78, 5) is 21.8. The summed E-state index contributed by atoms with van der Waals surface area (Å²) in [5.74, 6) is -0.292. The first-order valence-corrected chi connectivity index (χ1v) is 7.09. The van der Waals surface area contributed by atoms with E-state index < -0.39 is 16.6 Å². The zero-order valence-electron chi connectivity index (χ0n) is 12.8. The summed E-state index contributed by atoms with van der Waals surface area (Å²) in [6.07, 6.45) is 0. The number of rotatable bonds is 7. The van der Waals surface area contributed by atoms with Crippen LogP contribution in [-0.2, 0) is 4.79 Å². The van der Waals surface area contributed by atoms with Gasteiger partial charge in [-0.25, -0.2) is 4.39 Å². The minimum absolute atomic E-state index is 0.274. The maximum Gasteiger partial charge on any atom is 0.271 e.